The van der Waals surface area contributed by atoms with Crippen molar-refractivity contribution in [2.24, 2.45) is 0 Å². The number of nitriles is 1. The van der Waals surface area contributed by atoms with Crippen molar-refractivity contribution in [3.05, 3.63) is 28.7 Å². The predicted octanol–water partition coefficient (Wildman–Crippen LogP) is 1.18. The first-order chi connectivity index (χ1) is 9.47. The first-order valence-electron chi connectivity index (χ1n) is 6.55. The molecule has 7 heteroatoms. The van der Waals surface area contributed by atoms with E-state index >= 15 is 0 Å². The average molecular weight is 297 g/mol. The molecule has 0 bridgehead atoms. The number of sulfonamides is 1. The van der Waals surface area contributed by atoms with Crippen LogP contribution in [0.3, 0.4) is 0 Å². The molecule has 0 N–H and O–H groups in total. The zero-order chi connectivity index (χ0) is 15.2. The monoisotopic (exact) mass is 297 g/mol. The molecule has 0 aliphatic carbocycles. The van der Waals surface area contributed by atoms with Gasteiger partial charge in [0.15, 0.2) is 0 Å². The van der Waals surface area contributed by atoms with Gasteiger partial charge in [-0.15, -0.1) is 0 Å². The van der Waals surface area contributed by atoms with E-state index in [-0.39, 0.29) is 10.5 Å². The van der Waals surface area contributed by atoms with Crippen molar-refractivity contribution in [3.63, 3.8) is 0 Å². The largest absolute Gasteiger partial charge is 0.314 e. The van der Waals surface area contributed by atoms with E-state index in [1.54, 1.807) is 13.8 Å². The second-order valence-corrected chi connectivity index (χ2v) is 6.19. The van der Waals surface area contributed by atoms with Gasteiger partial charge in [-0.3, -0.25) is 4.79 Å². The lowest BCUT2D eigenvalue weighted by Gasteiger charge is -2.18. The van der Waals surface area contributed by atoms with E-state index in [1.165, 1.54) is 27.2 Å². The maximum Gasteiger partial charge on any atom is 0.250 e. The molecule has 1 heterocycles. The molecule has 0 aliphatic heterocycles. The first-order valence-corrected chi connectivity index (χ1v) is 7.99. The Hall–Kier alpha value is -1.65. The molecule has 0 saturated heterocycles. The molecule has 0 spiro atoms. The van der Waals surface area contributed by atoms with Gasteiger partial charge in [-0.05, 0) is 12.5 Å². The maximum atomic E-state index is 12.3. The third kappa shape index (κ3) is 3.68. The molecule has 0 atom stereocenters. The lowest BCUT2D eigenvalue weighted by molar-refractivity contribution is 0.444. The van der Waals surface area contributed by atoms with Crippen molar-refractivity contribution in [1.82, 2.24) is 8.87 Å². The summed E-state index contributed by atoms with van der Waals surface area (Å²) in [7, 11) is -3.56. The SMILES string of the molecule is CCN(CC)S(=O)(=O)c1ccc(=O)n(CCCC#N)c1. The summed E-state index contributed by atoms with van der Waals surface area (Å²) in [5, 5.41) is 8.49. The summed E-state index contributed by atoms with van der Waals surface area (Å²) in [4.78, 5) is 11.8. The summed E-state index contributed by atoms with van der Waals surface area (Å²) in [6.45, 7) is 4.64. The lowest BCUT2D eigenvalue weighted by atomic mass is 10.3. The normalized spacial score (nSPS) is 11.5. The Morgan fingerprint density at radius 1 is 1.30 bits per heavy atom. The summed E-state index contributed by atoms with van der Waals surface area (Å²) in [6, 6.07) is 4.58. The highest BCUT2D eigenvalue weighted by Crippen LogP contribution is 2.13. The maximum absolute atomic E-state index is 12.3. The quantitative estimate of drug-likeness (QED) is 0.708. The number of aryl methyl sites for hydroxylation is 1. The molecule has 0 amide bonds. The summed E-state index contributed by atoms with van der Waals surface area (Å²) < 4.78 is 27.4. The minimum atomic E-state index is -3.56. The number of unbranched alkanes of at least 4 members (excludes halogenated alkanes) is 1. The Morgan fingerprint density at radius 3 is 2.50 bits per heavy atom. The van der Waals surface area contributed by atoms with E-state index in [9.17, 15) is 13.2 Å². The molecular weight excluding hydrogens is 278 g/mol. The minimum Gasteiger partial charge on any atom is -0.314 e. The van der Waals surface area contributed by atoms with E-state index in [0.29, 0.717) is 32.5 Å². The van der Waals surface area contributed by atoms with Crippen molar-refractivity contribution < 1.29 is 8.42 Å². The highest BCUT2D eigenvalue weighted by molar-refractivity contribution is 7.89. The molecule has 0 aromatic carbocycles. The molecule has 0 fully saturated rings. The van der Waals surface area contributed by atoms with Gasteiger partial charge in [0.1, 0.15) is 0 Å². The second-order valence-electron chi connectivity index (χ2n) is 4.25. The van der Waals surface area contributed by atoms with Gasteiger partial charge in [-0.1, -0.05) is 13.8 Å². The molecule has 6 nitrogen and oxygen atoms in total. The van der Waals surface area contributed by atoms with Crippen LogP contribution in [0.2, 0.25) is 0 Å². The molecule has 110 valence electrons. The second kappa shape index (κ2) is 7.22. The van der Waals surface area contributed by atoms with E-state index in [4.69, 9.17) is 5.26 Å². The number of aromatic nitrogens is 1. The Labute approximate surface area is 119 Å². The number of pyridine rings is 1. The van der Waals surface area contributed by atoms with Crippen LogP contribution in [-0.4, -0.2) is 30.4 Å². The van der Waals surface area contributed by atoms with Gasteiger partial charge in [0, 0.05) is 38.3 Å². The Bertz CT molecular complexity index is 640. The summed E-state index contributed by atoms with van der Waals surface area (Å²) in [5.74, 6) is 0. The summed E-state index contributed by atoms with van der Waals surface area (Å²) in [6.07, 6.45) is 2.21. The van der Waals surface area contributed by atoms with Gasteiger partial charge in [0.2, 0.25) is 10.0 Å². The fraction of sp³-hybridized carbons (Fsp3) is 0.538. The molecular formula is C13H19N3O3S. The van der Waals surface area contributed by atoms with Gasteiger partial charge in [0.05, 0.1) is 11.0 Å². The van der Waals surface area contributed by atoms with Gasteiger partial charge < -0.3 is 4.57 Å². The van der Waals surface area contributed by atoms with Crippen LogP contribution >= 0.6 is 0 Å². The molecule has 0 aliphatic rings. The van der Waals surface area contributed by atoms with Gasteiger partial charge in [0.25, 0.3) is 5.56 Å². The smallest absolute Gasteiger partial charge is 0.250 e. The lowest BCUT2D eigenvalue weighted by Crippen LogP contribution is -2.32. The van der Waals surface area contributed by atoms with Crippen LogP contribution in [0.4, 0.5) is 0 Å². The third-order valence-electron chi connectivity index (χ3n) is 2.99. The summed E-state index contributed by atoms with van der Waals surface area (Å²) >= 11 is 0. The highest BCUT2D eigenvalue weighted by atomic mass is 32.2. The fourth-order valence-electron chi connectivity index (χ4n) is 1.88. The van der Waals surface area contributed by atoms with Crippen LogP contribution in [0.1, 0.15) is 26.7 Å². The number of hydrogen-bond acceptors (Lipinski definition) is 4. The predicted molar refractivity (Wildman–Crippen MR) is 75.7 cm³/mol. The van der Waals surface area contributed by atoms with Gasteiger partial charge >= 0.3 is 0 Å². The van der Waals surface area contributed by atoms with Crippen molar-refractivity contribution >= 4 is 10.0 Å². The molecule has 1 rings (SSSR count). The van der Waals surface area contributed by atoms with Crippen molar-refractivity contribution in [2.75, 3.05) is 13.1 Å². The Balaban J connectivity index is 3.12. The van der Waals surface area contributed by atoms with Gasteiger partial charge in [-0.25, -0.2) is 8.42 Å². The summed E-state index contributed by atoms with van der Waals surface area (Å²) in [5.41, 5.74) is -0.263. The molecule has 1 aromatic rings. The number of hydrogen-bond donors (Lipinski definition) is 0. The van der Waals surface area contributed by atoms with E-state index < -0.39 is 10.0 Å². The van der Waals surface area contributed by atoms with Crippen molar-refractivity contribution in [3.8, 4) is 6.07 Å². The van der Waals surface area contributed by atoms with Crippen LogP contribution in [0.15, 0.2) is 28.0 Å². The third-order valence-corrected chi connectivity index (χ3v) is 5.02. The van der Waals surface area contributed by atoms with Crippen molar-refractivity contribution in [1.29, 1.82) is 5.26 Å². The van der Waals surface area contributed by atoms with Gasteiger partial charge in [-0.2, -0.15) is 9.57 Å². The standard InChI is InChI=1S/C13H19N3O3S/c1-3-16(4-2)20(18,19)12-7-8-13(17)15(11-12)10-6-5-9-14/h7-8,11H,3-6,10H2,1-2H3. The zero-order valence-corrected chi connectivity index (χ0v) is 12.6. The first kappa shape index (κ1) is 16.4. The van der Waals surface area contributed by atoms with Crippen LogP contribution in [0.25, 0.3) is 0 Å². The average Bonchev–Trinajstić information content (AvgIpc) is 2.42. The van der Waals surface area contributed by atoms with Crippen LogP contribution in [0, 0.1) is 11.3 Å². The topological polar surface area (TPSA) is 83.2 Å². The van der Waals surface area contributed by atoms with E-state index in [0.717, 1.165) is 0 Å². The van der Waals surface area contributed by atoms with Crippen molar-refractivity contribution in [2.45, 2.75) is 38.1 Å². The minimum absolute atomic E-state index is 0.109. The highest BCUT2D eigenvalue weighted by Gasteiger charge is 2.22. The number of rotatable bonds is 7. The van der Waals surface area contributed by atoms with Crippen LogP contribution < -0.4 is 5.56 Å². The Morgan fingerprint density at radius 2 is 1.95 bits per heavy atom. The molecule has 0 unspecified atom stereocenters. The van der Waals surface area contributed by atoms with Crippen LogP contribution in [0.5, 0.6) is 0 Å². The fourth-order valence-corrected chi connectivity index (χ4v) is 3.36. The van der Waals surface area contributed by atoms with E-state index in [1.807, 2.05) is 6.07 Å². The number of nitrogens with zero attached hydrogens (tertiary/aromatic N) is 3. The van der Waals surface area contributed by atoms with Crippen LogP contribution in [-0.2, 0) is 16.6 Å². The molecule has 0 saturated carbocycles. The molecule has 0 radical (unpaired) electrons. The van der Waals surface area contributed by atoms with E-state index in [2.05, 4.69) is 0 Å². The Kier molecular flexibility index (Phi) is 5.92. The zero-order valence-electron chi connectivity index (χ0n) is 11.7. The molecule has 20 heavy (non-hydrogen) atoms. The molecule has 1 aromatic heterocycles.